The van der Waals surface area contributed by atoms with Crippen LogP contribution >= 0.6 is 0 Å². The number of ether oxygens (including phenoxy) is 3. The third-order valence-electron chi connectivity index (χ3n) is 4.90. The summed E-state index contributed by atoms with van der Waals surface area (Å²) in [6, 6.07) is 10.5. The second-order valence-corrected chi connectivity index (χ2v) is 7.52. The quantitative estimate of drug-likeness (QED) is 0.181. The minimum atomic E-state index is -1.17. The first-order valence-corrected chi connectivity index (χ1v) is 11.1. The number of carbonyl (C=O) groups is 1. The number of nitrogens with zero attached hydrogens (tertiary/aromatic N) is 2. The highest BCUT2D eigenvalue weighted by molar-refractivity contribution is 5.88. The number of nitro benzene ring substituents is 1. The van der Waals surface area contributed by atoms with Crippen LogP contribution in [0, 0.1) is 10.1 Å². The van der Waals surface area contributed by atoms with Gasteiger partial charge < -0.3 is 19.3 Å². The van der Waals surface area contributed by atoms with Gasteiger partial charge in [-0.2, -0.15) is 5.10 Å². The first-order valence-electron chi connectivity index (χ1n) is 11.1. The minimum absolute atomic E-state index is 0.0625. The van der Waals surface area contributed by atoms with Crippen LogP contribution < -0.4 is 14.2 Å². The average Bonchev–Trinajstić information content (AvgIpc) is 3.30. The predicted octanol–water partition coefficient (Wildman–Crippen LogP) is 5.83. The summed E-state index contributed by atoms with van der Waals surface area (Å²) in [6.07, 6.45) is 3.59. The largest absolute Gasteiger partial charge is 0.493 e. The Balaban J connectivity index is 2.08. The molecule has 0 saturated heterocycles. The van der Waals surface area contributed by atoms with Crippen LogP contribution in [0.4, 0.5) is 5.69 Å². The van der Waals surface area contributed by atoms with Crippen LogP contribution in [0.5, 0.6) is 23.0 Å². The lowest BCUT2D eigenvalue weighted by Crippen LogP contribution is -2.03. The lowest BCUT2D eigenvalue weighted by atomic mass is 10.1. The van der Waals surface area contributed by atoms with Crippen molar-refractivity contribution in [1.29, 1.82) is 0 Å². The van der Waals surface area contributed by atoms with Crippen molar-refractivity contribution < 1.29 is 29.0 Å². The van der Waals surface area contributed by atoms with E-state index in [1.54, 1.807) is 12.1 Å². The summed E-state index contributed by atoms with van der Waals surface area (Å²) in [4.78, 5) is 21.9. The van der Waals surface area contributed by atoms with Crippen LogP contribution in [0.25, 0.3) is 11.3 Å². The number of aromatic amines is 1. The molecule has 0 bridgehead atoms. The van der Waals surface area contributed by atoms with Crippen molar-refractivity contribution in [2.24, 2.45) is 0 Å². The van der Waals surface area contributed by atoms with E-state index in [1.165, 1.54) is 30.3 Å². The lowest BCUT2D eigenvalue weighted by molar-refractivity contribution is -0.384. The van der Waals surface area contributed by atoms with Gasteiger partial charge in [0.05, 0.1) is 29.4 Å². The van der Waals surface area contributed by atoms with E-state index in [9.17, 15) is 20.0 Å². The van der Waals surface area contributed by atoms with Gasteiger partial charge in [0.1, 0.15) is 23.0 Å². The highest BCUT2D eigenvalue weighted by Crippen LogP contribution is 2.43. The number of unbranched alkanes of at least 4 members (excludes halogenated alkanes) is 2. The number of hydrogen-bond acceptors (Lipinski definition) is 7. The van der Waals surface area contributed by atoms with Crippen molar-refractivity contribution in [2.45, 2.75) is 39.5 Å². The van der Waals surface area contributed by atoms with E-state index in [2.05, 4.69) is 17.1 Å². The highest BCUT2D eigenvalue weighted by atomic mass is 16.6. The summed E-state index contributed by atoms with van der Waals surface area (Å²) in [5, 5.41) is 26.9. The van der Waals surface area contributed by atoms with E-state index >= 15 is 0 Å². The molecule has 3 aromatic rings. The van der Waals surface area contributed by atoms with Gasteiger partial charge in [0, 0.05) is 24.3 Å². The first-order chi connectivity index (χ1) is 16.4. The third-order valence-corrected chi connectivity index (χ3v) is 4.90. The Labute approximate surface area is 196 Å². The van der Waals surface area contributed by atoms with Crippen LogP contribution in [0.3, 0.4) is 0 Å². The van der Waals surface area contributed by atoms with Crippen molar-refractivity contribution >= 4 is 11.7 Å². The Kier molecular flexibility index (Phi) is 8.44. The monoisotopic (exact) mass is 469 g/mol. The Morgan fingerprint density at radius 2 is 1.65 bits per heavy atom. The fourth-order valence-electron chi connectivity index (χ4n) is 3.09. The van der Waals surface area contributed by atoms with Crippen LogP contribution in [-0.4, -0.2) is 39.4 Å². The van der Waals surface area contributed by atoms with Gasteiger partial charge in [-0.1, -0.05) is 26.7 Å². The molecule has 3 rings (SSSR count). The summed E-state index contributed by atoms with van der Waals surface area (Å²) in [7, 11) is 0. The van der Waals surface area contributed by atoms with Gasteiger partial charge >= 0.3 is 5.97 Å². The maximum Gasteiger partial charge on any atom is 0.356 e. The smallest absolute Gasteiger partial charge is 0.356 e. The molecule has 2 aromatic carbocycles. The number of benzene rings is 2. The number of carboxylic acids is 1. The molecule has 0 unspecified atom stereocenters. The number of H-pyrrole nitrogens is 1. The molecule has 2 N–H and O–H groups in total. The SMILES string of the molecule is CCCCOc1cc(OCCCC)c(-c2cc(C(=O)O)n[nH]2)c(Oc2ccc([N+](=O)[O-])cc2)c1. The standard InChI is InChI=1S/C24H27N3O7/c1-3-5-11-32-18-13-21(33-12-6-4-2)23(19-15-20(24(28)29)26-25-19)22(14-18)34-17-9-7-16(8-10-17)27(30)31/h7-10,13-15H,3-6,11-12H2,1-2H3,(H,25,26)(H,28,29). The molecule has 1 heterocycles. The van der Waals surface area contributed by atoms with Crippen molar-refractivity contribution in [3.63, 3.8) is 0 Å². The lowest BCUT2D eigenvalue weighted by Gasteiger charge is -2.18. The molecular weight excluding hydrogens is 442 g/mol. The Morgan fingerprint density at radius 1 is 1.00 bits per heavy atom. The number of hydrogen-bond donors (Lipinski definition) is 2. The minimum Gasteiger partial charge on any atom is -0.493 e. The van der Waals surface area contributed by atoms with Gasteiger partial charge in [-0.05, 0) is 31.0 Å². The van der Waals surface area contributed by atoms with Crippen molar-refractivity contribution in [3.05, 3.63) is 58.3 Å². The molecule has 10 heteroatoms. The fraction of sp³-hybridized carbons (Fsp3) is 0.333. The number of aromatic carboxylic acids is 1. The number of aromatic nitrogens is 2. The zero-order valence-corrected chi connectivity index (χ0v) is 19.1. The third kappa shape index (κ3) is 6.25. The van der Waals surface area contributed by atoms with E-state index in [4.69, 9.17) is 14.2 Å². The van der Waals surface area contributed by atoms with Gasteiger partial charge in [0.2, 0.25) is 0 Å². The summed E-state index contributed by atoms with van der Waals surface area (Å²) >= 11 is 0. The second-order valence-electron chi connectivity index (χ2n) is 7.52. The van der Waals surface area contributed by atoms with Crippen molar-refractivity contribution in [3.8, 4) is 34.3 Å². The Morgan fingerprint density at radius 3 is 2.24 bits per heavy atom. The second kappa shape index (κ2) is 11.7. The normalized spacial score (nSPS) is 10.6. The number of non-ortho nitro benzene ring substituents is 1. The van der Waals surface area contributed by atoms with Gasteiger partial charge in [-0.25, -0.2) is 4.79 Å². The molecule has 0 aliphatic heterocycles. The molecular formula is C24H27N3O7. The fourth-order valence-corrected chi connectivity index (χ4v) is 3.09. The van der Waals surface area contributed by atoms with E-state index in [0.717, 1.165) is 25.7 Å². The zero-order chi connectivity index (χ0) is 24.5. The molecule has 0 aliphatic carbocycles. The molecule has 180 valence electrons. The van der Waals surface area contributed by atoms with Crippen molar-refractivity contribution in [1.82, 2.24) is 10.2 Å². The maximum atomic E-state index is 11.4. The molecule has 34 heavy (non-hydrogen) atoms. The molecule has 0 aliphatic rings. The Hall–Kier alpha value is -4.08. The summed E-state index contributed by atoms with van der Waals surface area (Å²) < 4.78 is 18.0. The van der Waals surface area contributed by atoms with E-state index in [-0.39, 0.29) is 11.4 Å². The predicted molar refractivity (Wildman–Crippen MR) is 125 cm³/mol. The number of rotatable bonds is 13. The Bertz CT molecular complexity index is 1130. The summed E-state index contributed by atoms with van der Waals surface area (Å²) in [6.45, 7) is 5.06. The van der Waals surface area contributed by atoms with Crippen LogP contribution in [0.1, 0.15) is 50.0 Å². The maximum absolute atomic E-state index is 11.4. The first kappa shape index (κ1) is 24.6. The van der Waals surface area contributed by atoms with E-state index < -0.39 is 10.9 Å². The van der Waals surface area contributed by atoms with E-state index in [0.29, 0.717) is 47.5 Å². The topological polar surface area (TPSA) is 137 Å². The molecule has 1 aromatic heterocycles. The van der Waals surface area contributed by atoms with Gasteiger partial charge in [0.15, 0.2) is 5.69 Å². The molecule has 0 saturated carbocycles. The highest BCUT2D eigenvalue weighted by Gasteiger charge is 2.21. The molecule has 0 spiro atoms. The summed E-state index contributed by atoms with van der Waals surface area (Å²) in [5.74, 6) is 0.483. The zero-order valence-electron chi connectivity index (χ0n) is 19.1. The average molecular weight is 469 g/mol. The van der Waals surface area contributed by atoms with Gasteiger partial charge in [-0.3, -0.25) is 15.2 Å². The number of carboxylic acid groups (broad SMARTS) is 1. The number of nitro groups is 1. The molecule has 0 radical (unpaired) electrons. The molecule has 0 atom stereocenters. The molecule has 0 amide bonds. The van der Waals surface area contributed by atoms with Crippen LogP contribution in [0.2, 0.25) is 0 Å². The van der Waals surface area contributed by atoms with Crippen LogP contribution in [0.15, 0.2) is 42.5 Å². The molecule has 10 nitrogen and oxygen atoms in total. The van der Waals surface area contributed by atoms with Crippen molar-refractivity contribution in [2.75, 3.05) is 13.2 Å². The van der Waals surface area contributed by atoms with Crippen LogP contribution in [-0.2, 0) is 0 Å². The van der Waals surface area contributed by atoms with Gasteiger partial charge in [-0.15, -0.1) is 0 Å². The van der Waals surface area contributed by atoms with E-state index in [1.807, 2.05) is 6.92 Å². The summed E-state index contributed by atoms with van der Waals surface area (Å²) in [5.41, 5.74) is 0.643. The number of nitrogens with one attached hydrogen (secondary N) is 1. The molecule has 0 fully saturated rings. The van der Waals surface area contributed by atoms with Gasteiger partial charge in [0.25, 0.3) is 5.69 Å².